The van der Waals surface area contributed by atoms with Crippen molar-refractivity contribution in [1.29, 1.82) is 0 Å². The molecule has 1 heterocycles. The highest BCUT2D eigenvalue weighted by molar-refractivity contribution is 7.99. The van der Waals surface area contributed by atoms with Crippen molar-refractivity contribution in [2.45, 2.75) is 52.1 Å². The van der Waals surface area contributed by atoms with Gasteiger partial charge in [0.05, 0.1) is 0 Å². The Hall–Kier alpha value is -0.410. The molecule has 0 saturated heterocycles. The number of aromatic nitrogens is 1. The van der Waals surface area contributed by atoms with Crippen LogP contribution >= 0.6 is 11.8 Å². The minimum atomic E-state index is 0.602. The molecule has 0 aromatic carbocycles. The average Bonchev–Trinajstić information content (AvgIpc) is 2.79. The van der Waals surface area contributed by atoms with Gasteiger partial charge in [-0.3, -0.25) is 0 Å². The minimum Gasteiger partial charge on any atom is -0.354 e. The van der Waals surface area contributed by atoms with E-state index in [9.17, 15) is 0 Å². The fourth-order valence-corrected chi connectivity index (χ4v) is 3.45. The van der Waals surface area contributed by atoms with Crippen LogP contribution in [0.15, 0.2) is 12.4 Å². The van der Waals surface area contributed by atoms with Crippen LogP contribution in [0.1, 0.15) is 50.3 Å². The Morgan fingerprint density at radius 3 is 3.06 bits per heavy atom. The maximum Gasteiger partial charge on any atom is 0.0338 e. The lowest BCUT2D eigenvalue weighted by molar-refractivity contribution is 0.473. The second-order valence-corrected chi connectivity index (χ2v) is 6.42. The molecule has 1 atom stereocenters. The van der Waals surface area contributed by atoms with Gasteiger partial charge in [-0.25, -0.2) is 0 Å². The van der Waals surface area contributed by atoms with Gasteiger partial charge in [-0.05, 0) is 54.9 Å². The summed E-state index contributed by atoms with van der Waals surface area (Å²) in [5, 5.41) is 3.61. The van der Waals surface area contributed by atoms with E-state index < -0.39 is 0 Å². The number of hydrogen-bond donors (Lipinski definition) is 1. The maximum atomic E-state index is 3.61. The lowest BCUT2D eigenvalue weighted by atomic mass is 9.91. The van der Waals surface area contributed by atoms with Gasteiger partial charge in [-0.15, -0.1) is 0 Å². The van der Waals surface area contributed by atoms with E-state index in [0.717, 1.165) is 6.54 Å². The molecular weight excluding hydrogens is 240 g/mol. The number of hydrogen-bond acceptors (Lipinski definition) is 2. The zero-order chi connectivity index (χ0) is 12.8. The zero-order valence-corrected chi connectivity index (χ0v) is 12.6. The molecule has 1 unspecified atom stereocenters. The van der Waals surface area contributed by atoms with Crippen LogP contribution in [0.3, 0.4) is 0 Å². The van der Waals surface area contributed by atoms with Crippen molar-refractivity contribution in [3.8, 4) is 0 Å². The molecule has 0 amide bonds. The molecule has 0 saturated carbocycles. The maximum absolute atomic E-state index is 3.61. The number of thioether (sulfide) groups is 1. The smallest absolute Gasteiger partial charge is 0.0338 e. The van der Waals surface area contributed by atoms with Gasteiger partial charge in [0.25, 0.3) is 0 Å². The third-order valence-electron chi connectivity index (χ3n) is 3.67. The van der Waals surface area contributed by atoms with E-state index in [-0.39, 0.29) is 0 Å². The second-order valence-electron chi connectivity index (χ2n) is 5.03. The summed E-state index contributed by atoms with van der Waals surface area (Å²) in [5.74, 6) is 2.53. The molecule has 0 spiro atoms. The summed E-state index contributed by atoms with van der Waals surface area (Å²) in [6.07, 6.45) is 9.97. The van der Waals surface area contributed by atoms with Gasteiger partial charge in [0, 0.05) is 25.0 Å². The van der Waals surface area contributed by atoms with Crippen molar-refractivity contribution in [3.05, 3.63) is 23.5 Å². The van der Waals surface area contributed by atoms with Crippen LogP contribution in [0, 0.1) is 0 Å². The largest absolute Gasteiger partial charge is 0.354 e. The summed E-state index contributed by atoms with van der Waals surface area (Å²) < 4.78 is 2.41. The highest BCUT2D eigenvalue weighted by Gasteiger charge is 2.20. The fourth-order valence-electron chi connectivity index (χ4n) is 2.83. The highest BCUT2D eigenvalue weighted by Crippen LogP contribution is 2.30. The molecule has 2 nitrogen and oxygen atoms in total. The van der Waals surface area contributed by atoms with Crippen LogP contribution in [0.2, 0.25) is 0 Å². The van der Waals surface area contributed by atoms with Crippen molar-refractivity contribution in [2.24, 2.45) is 0 Å². The van der Waals surface area contributed by atoms with E-state index in [4.69, 9.17) is 0 Å². The lowest BCUT2D eigenvalue weighted by Gasteiger charge is -2.22. The molecule has 1 aromatic heterocycles. The summed E-state index contributed by atoms with van der Waals surface area (Å²) in [6, 6.07) is 0.602. The first-order valence-corrected chi connectivity index (χ1v) is 8.50. The first kappa shape index (κ1) is 14.0. The van der Waals surface area contributed by atoms with Gasteiger partial charge in [-0.1, -0.05) is 13.8 Å². The molecule has 0 bridgehead atoms. The van der Waals surface area contributed by atoms with E-state index >= 15 is 0 Å². The topological polar surface area (TPSA) is 17.0 Å². The molecule has 1 aliphatic carbocycles. The Kier molecular flexibility index (Phi) is 5.64. The monoisotopic (exact) mass is 266 g/mol. The molecule has 0 radical (unpaired) electrons. The number of fused-ring (bicyclic) bond motifs is 1. The third-order valence-corrected chi connectivity index (χ3v) is 4.66. The van der Waals surface area contributed by atoms with Crippen LogP contribution in [0.4, 0.5) is 0 Å². The van der Waals surface area contributed by atoms with Crippen LogP contribution in [0.25, 0.3) is 0 Å². The SMILES string of the molecule is CCNC1CCCc2cn(CCCSCC)cc21. The van der Waals surface area contributed by atoms with E-state index in [1.807, 2.05) is 11.8 Å². The number of nitrogens with zero attached hydrogens (tertiary/aromatic N) is 1. The van der Waals surface area contributed by atoms with Crippen LogP contribution in [-0.2, 0) is 13.0 Å². The van der Waals surface area contributed by atoms with E-state index in [1.165, 1.54) is 43.7 Å². The van der Waals surface area contributed by atoms with Gasteiger partial charge in [-0.2, -0.15) is 11.8 Å². The standard InChI is InChI=1S/C15H26N2S/c1-3-16-15-8-5-7-13-11-17(12-14(13)15)9-6-10-18-4-2/h11-12,15-16H,3-10H2,1-2H3. The fraction of sp³-hybridized carbons (Fsp3) is 0.733. The zero-order valence-electron chi connectivity index (χ0n) is 11.7. The van der Waals surface area contributed by atoms with Crippen molar-refractivity contribution in [3.63, 3.8) is 0 Å². The van der Waals surface area contributed by atoms with E-state index in [1.54, 1.807) is 11.1 Å². The lowest BCUT2D eigenvalue weighted by Crippen LogP contribution is -2.23. The molecule has 3 heteroatoms. The van der Waals surface area contributed by atoms with Crippen molar-refractivity contribution in [2.75, 3.05) is 18.1 Å². The third kappa shape index (κ3) is 3.55. The molecule has 0 fully saturated rings. The Labute approximate surface area is 116 Å². The number of nitrogens with one attached hydrogen (secondary N) is 1. The second kappa shape index (κ2) is 7.25. The van der Waals surface area contributed by atoms with E-state index in [0.29, 0.717) is 6.04 Å². The molecular formula is C15H26N2S. The van der Waals surface area contributed by atoms with Crippen molar-refractivity contribution >= 4 is 11.8 Å². The number of rotatable bonds is 7. The summed E-state index contributed by atoms with van der Waals surface area (Å²) in [7, 11) is 0. The van der Waals surface area contributed by atoms with Gasteiger partial charge in [0.15, 0.2) is 0 Å². The Morgan fingerprint density at radius 1 is 1.39 bits per heavy atom. The quantitative estimate of drug-likeness (QED) is 0.759. The van der Waals surface area contributed by atoms with Crippen molar-refractivity contribution < 1.29 is 0 Å². The predicted molar refractivity (Wildman–Crippen MR) is 81.4 cm³/mol. The predicted octanol–water partition coefficient (Wildman–Crippen LogP) is 3.62. The van der Waals surface area contributed by atoms with Gasteiger partial charge >= 0.3 is 0 Å². The molecule has 0 aliphatic heterocycles. The highest BCUT2D eigenvalue weighted by atomic mass is 32.2. The summed E-state index contributed by atoms with van der Waals surface area (Å²) in [4.78, 5) is 0. The minimum absolute atomic E-state index is 0.602. The average molecular weight is 266 g/mol. The number of aryl methyl sites for hydroxylation is 2. The first-order valence-electron chi connectivity index (χ1n) is 7.34. The Balaban J connectivity index is 1.94. The van der Waals surface area contributed by atoms with Crippen LogP contribution in [-0.4, -0.2) is 22.6 Å². The molecule has 1 N–H and O–H groups in total. The normalized spacial score (nSPS) is 18.9. The summed E-state index contributed by atoms with van der Waals surface area (Å²) in [5.41, 5.74) is 3.14. The Bertz CT molecular complexity index is 359. The van der Waals surface area contributed by atoms with Gasteiger partial charge in [0.2, 0.25) is 0 Å². The molecule has 1 aliphatic rings. The summed E-state index contributed by atoms with van der Waals surface area (Å²) in [6.45, 7) is 6.69. The molecule has 1 aromatic rings. The Morgan fingerprint density at radius 2 is 2.28 bits per heavy atom. The molecule has 2 rings (SSSR count). The molecule has 102 valence electrons. The summed E-state index contributed by atoms with van der Waals surface area (Å²) >= 11 is 2.05. The molecule has 18 heavy (non-hydrogen) atoms. The first-order chi connectivity index (χ1) is 8.85. The van der Waals surface area contributed by atoms with Crippen molar-refractivity contribution in [1.82, 2.24) is 9.88 Å². The van der Waals surface area contributed by atoms with Crippen LogP contribution < -0.4 is 5.32 Å². The van der Waals surface area contributed by atoms with E-state index in [2.05, 4.69) is 36.1 Å². The van der Waals surface area contributed by atoms with Gasteiger partial charge in [0.1, 0.15) is 0 Å². The van der Waals surface area contributed by atoms with Gasteiger partial charge < -0.3 is 9.88 Å². The van der Waals surface area contributed by atoms with Crippen LogP contribution in [0.5, 0.6) is 0 Å².